The van der Waals surface area contributed by atoms with Crippen LogP contribution in [0.4, 0.5) is 5.69 Å². The van der Waals surface area contributed by atoms with Gasteiger partial charge in [0.1, 0.15) is 0 Å². The van der Waals surface area contributed by atoms with Crippen LogP contribution in [0.3, 0.4) is 0 Å². The number of Topliss-reactive ketones (excluding diaryl/α,β-unsaturated/α-hetero) is 1. The molecule has 19 heavy (non-hydrogen) atoms. The number of rotatable bonds is 5. The van der Waals surface area contributed by atoms with Crippen molar-refractivity contribution in [1.29, 1.82) is 0 Å². The van der Waals surface area contributed by atoms with E-state index >= 15 is 0 Å². The summed E-state index contributed by atoms with van der Waals surface area (Å²) in [6, 6.07) is 6.64. The van der Waals surface area contributed by atoms with E-state index in [1.165, 1.54) is 19.1 Å². The maximum Gasteiger partial charge on any atom is 0.330 e. The van der Waals surface area contributed by atoms with Gasteiger partial charge in [-0.3, -0.25) is 9.59 Å². The molecule has 0 fully saturated rings. The molecule has 0 saturated heterocycles. The van der Waals surface area contributed by atoms with E-state index in [1.807, 2.05) is 0 Å². The second kappa shape index (κ2) is 7.10. The number of carbonyl (C=O) groups excluding carboxylic acids is 3. The van der Waals surface area contributed by atoms with Crippen molar-refractivity contribution in [2.45, 2.75) is 13.8 Å². The number of esters is 1. The van der Waals surface area contributed by atoms with Crippen molar-refractivity contribution >= 4 is 23.3 Å². The number of hydrogen-bond donors (Lipinski definition) is 1. The first-order valence-electron chi connectivity index (χ1n) is 5.74. The lowest BCUT2D eigenvalue weighted by Gasteiger charge is -2.08. The molecule has 1 rings (SSSR count). The molecule has 0 aliphatic heterocycles. The molecule has 0 aromatic heterocycles. The van der Waals surface area contributed by atoms with Crippen molar-refractivity contribution in [2.75, 3.05) is 11.9 Å². The van der Waals surface area contributed by atoms with Crippen molar-refractivity contribution in [3.05, 3.63) is 42.0 Å². The third-order valence-corrected chi connectivity index (χ3v) is 2.23. The molecule has 5 nitrogen and oxygen atoms in total. The number of benzene rings is 1. The number of amides is 1. The lowest BCUT2D eigenvalue weighted by molar-refractivity contribution is -0.142. The molecule has 0 saturated carbocycles. The van der Waals surface area contributed by atoms with E-state index in [9.17, 15) is 14.4 Å². The zero-order valence-electron chi connectivity index (χ0n) is 10.8. The third-order valence-electron chi connectivity index (χ3n) is 2.23. The molecular weight excluding hydrogens is 246 g/mol. The summed E-state index contributed by atoms with van der Waals surface area (Å²) < 4.78 is 4.69. The highest BCUT2D eigenvalue weighted by Gasteiger charge is 2.10. The smallest absolute Gasteiger partial charge is 0.330 e. The van der Waals surface area contributed by atoms with E-state index in [0.29, 0.717) is 11.3 Å². The second-order valence-electron chi connectivity index (χ2n) is 3.76. The first-order valence-corrected chi connectivity index (χ1v) is 5.74. The Morgan fingerprint density at radius 2 is 1.95 bits per heavy atom. The predicted octanol–water partition coefficient (Wildman–Crippen LogP) is 1.95. The van der Waals surface area contributed by atoms with E-state index in [1.54, 1.807) is 31.2 Å². The molecule has 1 aromatic rings. The summed E-state index contributed by atoms with van der Waals surface area (Å²) >= 11 is 0. The summed E-state index contributed by atoms with van der Waals surface area (Å²) in [4.78, 5) is 34.0. The normalized spacial score (nSPS) is 10.2. The molecule has 0 bridgehead atoms. The van der Waals surface area contributed by atoms with Crippen LogP contribution in [0.5, 0.6) is 0 Å². The topological polar surface area (TPSA) is 72.5 Å². The maximum atomic E-state index is 11.6. The predicted molar refractivity (Wildman–Crippen MR) is 70.8 cm³/mol. The van der Waals surface area contributed by atoms with Crippen molar-refractivity contribution in [2.24, 2.45) is 0 Å². The fourth-order valence-corrected chi connectivity index (χ4v) is 1.41. The van der Waals surface area contributed by atoms with Gasteiger partial charge in [-0.15, -0.1) is 0 Å². The fraction of sp³-hybridized carbons (Fsp3) is 0.214. The van der Waals surface area contributed by atoms with E-state index in [0.717, 1.165) is 0 Å². The van der Waals surface area contributed by atoms with Crippen LogP contribution in [0.25, 0.3) is 0 Å². The molecule has 100 valence electrons. The van der Waals surface area contributed by atoms with Gasteiger partial charge in [0, 0.05) is 11.6 Å². The molecular formula is C14H15NO4. The quantitative estimate of drug-likeness (QED) is 0.499. The number of anilines is 1. The largest absolute Gasteiger partial charge is 0.452 e. The number of ketones is 1. The Hall–Kier alpha value is -2.43. The van der Waals surface area contributed by atoms with Gasteiger partial charge in [-0.1, -0.05) is 18.2 Å². The summed E-state index contributed by atoms with van der Waals surface area (Å²) in [6.45, 7) is 2.69. The Labute approximate surface area is 111 Å². The summed E-state index contributed by atoms with van der Waals surface area (Å²) in [6.07, 6.45) is 2.74. The van der Waals surface area contributed by atoms with Crippen molar-refractivity contribution in [1.82, 2.24) is 0 Å². The molecule has 0 atom stereocenters. The highest BCUT2D eigenvalue weighted by atomic mass is 16.5. The van der Waals surface area contributed by atoms with Gasteiger partial charge in [-0.05, 0) is 26.0 Å². The summed E-state index contributed by atoms with van der Waals surface area (Å²) in [7, 11) is 0. The van der Waals surface area contributed by atoms with Gasteiger partial charge in [0.2, 0.25) is 0 Å². The molecule has 0 heterocycles. The highest BCUT2D eigenvalue weighted by molar-refractivity contribution is 6.04. The first-order chi connectivity index (χ1) is 9.04. The number of hydrogen-bond acceptors (Lipinski definition) is 4. The molecule has 0 spiro atoms. The van der Waals surface area contributed by atoms with Crippen LogP contribution in [-0.4, -0.2) is 24.3 Å². The lowest BCUT2D eigenvalue weighted by Crippen LogP contribution is -2.21. The van der Waals surface area contributed by atoms with Gasteiger partial charge in [0.25, 0.3) is 5.91 Å². The maximum absolute atomic E-state index is 11.6. The molecule has 1 aromatic carbocycles. The van der Waals surface area contributed by atoms with Gasteiger partial charge in [0.05, 0.1) is 5.69 Å². The summed E-state index contributed by atoms with van der Waals surface area (Å²) in [5, 5.41) is 2.53. The van der Waals surface area contributed by atoms with Crippen molar-refractivity contribution < 1.29 is 19.1 Å². The number of nitrogens with one attached hydrogen (secondary N) is 1. The van der Waals surface area contributed by atoms with Gasteiger partial charge in [-0.25, -0.2) is 4.79 Å². The first kappa shape index (κ1) is 14.6. The average Bonchev–Trinajstić information content (AvgIpc) is 2.37. The minimum Gasteiger partial charge on any atom is -0.452 e. The number of carbonyl (C=O) groups is 3. The lowest BCUT2D eigenvalue weighted by atomic mass is 10.1. The van der Waals surface area contributed by atoms with Crippen molar-refractivity contribution in [3.8, 4) is 0 Å². The van der Waals surface area contributed by atoms with Crippen LogP contribution < -0.4 is 5.32 Å². The standard InChI is InChI=1S/C14H15NO4/c1-3-6-14(18)19-9-13(17)15-12-8-5-4-7-11(12)10(2)16/h3-8H,9H2,1-2H3,(H,15,17). The summed E-state index contributed by atoms with van der Waals surface area (Å²) in [5.41, 5.74) is 0.817. The Kier molecular flexibility index (Phi) is 5.47. The monoisotopic (exact) mass is 261 g/mol. The highest BCUT2D eigenvalue weighted by Crippen LogP contribution is 2.15. The molecule has 1 amide bonds. The molecule has 0 aliphatic carbocycles. The number of para-hydroxylation sites is 1. The van der Waals surface area contributed by atoms with Crippen LogP contribution in [0.2, 0.25) is 0 Å². The van der Waals surface area contributed by atoms with E-state index in [4.69, 9.17) is 4.74 Å². The van der Waals surface area contributed by atoms with Crippen LogP contribution in [0, 0.1) is 0 Å². The van der Waals surface area contributed by atoms with Crippen LogP contribution >= 0.6 is 0 Å². The Bertz CT molecular complexity index is 520. The van der Waals surface area contributed by atoms with Crippen molar-refractivity contribution in [3.63, 3.8) is 0 Å². The van der Waals surface area contributed by atoms with E-state index in [-0.39, 0.29) is 5.78 Å². The van der Waals surface area contributed by atoms with E-state index in [2.05, 4.69) is 5.32 Å². The Balaban J connectivity index is 2.62. The average molecular weight is 261 g/mol. The molecule has 0 aliphatic rings. The summed E-state index contributed by atoms with van der Waals surface area (Å²) in [5.74, 6) is -1.23. The van der Waals surface area contributed by atoms with Crippen LogP contribution in [0.15, 0.2) is 36.4 Å². The van der Waals surface area contributed by atoms with Gasteiger partial charge in [0.15, 0.2) is 12.4 Å². The Morgan fingerprint density at radius 1 is 1.26 bits per heavy atom. The zero-order chi connectivity index (χ0) is 14.3. The fourth-order valence-electron chi connectivity index (χ4n) is 1.41. The molecule has 0 radical (unpaired) electrons. The number of ether oxygens (including phenoxy) is 1. The Morgan fingerprint density at radius 3 is 2.58 bits per heavy atom. The van der Waals surface area contributed by atoms with Crippen LogP contribution in [-0.2, 0) is 14.3 Å². The van der Waals surface area contributed by atoms with Gasteiger partial charge >= 0.3 is 5.97 Å². The SMILES string of the molecule is CC=CC(=O)OCC(=O)Nc1ccccc1C(C)=O. The zero-order valence-corrected chi connectivity index (χ0v) is 10.8. The second-order valence-corrected chi connectivity index (χ2v) is 3.76. The molecule has 0 unspecified atom stereocenters. The van der Waals surface area contributed by atoms with E-state index < -0.39 is 18.5 Å². The van der Waals surface area contributed by atoms with Crippen LogP contribution in [0.1, 0.15) is 24.2 Å². The molecule has 1 N–H and O–H groups in total. The number of allylic oxidation sites excluding steroid dienone is 1. The van der Waals surface area contributed by atoms with Gasteiger partial charge < -0.3 is 10.1 Å². The van der Waals surface area contributed by atoms with Gasteiger partial charge in [-0.2, -0.15) is 0 Å². The minimum absolute atomic E-state index is 0.151. The minimum atomic E-state index is -0.586. The molecule has 5 heteroatoms. The third kappa shape index (κ3) is 4.75.